The summed E-state index contributed by atoms with van der Waals surface area (Å²) in [6, 6.07) is 5.27. The SMILES string of the molecule is COC1CCN(c2cccc(F)c2CCN)CC1. The van der Waals surface area contributed by atoms with Crippen molar-refractivity contribution in [1.29, 1.82) is 0 Å². The topological polar surface area (TPSA) is 38.5 Å². The van der Waals surface area contributed by atoms with Crippen LogP contribution in [0, 0.1) is 5.82 Å². The number of methoxy groups -OCH3 is 1. The standard InChI is InChI=1S/C14H21FN2O/c1-18-11-6-9-17(10-7-11)14-4-2-3-13(15)12(14)5-8-16/h2-4,11H,5-10,16H2,1H3. The third-order valence-electron chi connectivity index (χ3n) is 3.60. The minimum atomic E-state index is -0.146. The summed E-state index contributed by atoms with van der Waals surface area (Å²) < 4.78 is 19.2. The first kappa shape index (κ1) is 13.3. The van der Waals surface area contributed by atoms with E-state index in [0.29, 0.717) is 19.1 Å². The molecule has 0 spiro atoms. The molecule has 0 atom stereocenters. The van der Waals surface area contributed by atoms with Gasteiger partial charge in [0.2, 0.25) is 0 Å². The molecule has 1 aliphatic rings. The molecule has 0 aromatic heterocycles. The van der Waals surface area contributed by atoms with Gasteiger partial charge < -0.3 is 15.4 Å². The Morgan fingerprint density at radius 2 is 2.11 bits per heavy atom. The van der Waals surface area contributed by atoms with E-state index in [4.69, 9.17) is 10.5 Å². The van der Waals surface area contributed by atoms with Crippen LogP contribution >= 0.6 is 0 Å². The van der Waals surface area contributed by atoms with Gasteiger partial charge in [-0.15, -0.1) is 0 Å². The number of hydrogen-bond acceptors (Lipinski definition) is 3. The van der Waals surface area contributed by atoms with Crippen molar-refractivity contribution in [3.8, 4) is 0 Å². The van der Waals surface area contributed by atoms with Gasteiger partial charge >= 0.3 is 0 Å². The lowest BCUT2D eigenvalue weighted by molar-refractivity contribution is 0.0819. The number of hydrogen-bond donors (Lipinski definition) is 1. The smallest absolute Gasteiger partial charge is 0.128 e. The Bertz CT molecular complexity index is 389. The summed E-state index contributed by atoms with van der Waals surface area (Å²) >= 11 is 0. The van der Waals surface area contributed by atoms with E-state index < -0.39 is 0 Å². The molecule has 0 saturated carbocycles. The maximum Gasteiger partial charge on any atom is 0.128 e. The Hall–Kier alpha value is -1.13. The molecule has 100 valence electrons. The Labute approximate surface area is 108 Å². The number of piperidine rings is 1. The van der Waals surface area contributed by atoms with Gasteiger partial charge in [0.15, 0.2) is 0 Å². The van der Waals surface area contributed by atoms with Crippen LogP contribution in [0.4, 0.5) is 10.1 Å². The van der Waals surface area contributed by atoms with E-state index in [1.165, 1.54) is 6.07 Å². The van der Waals surface area contributed by atoms with Gasteiger partial charge in [-0.1, -0.05) is 6.07 Å². The molecule has 1 aromatic carbocycles. The highest BCUT2D eigenvalue weighted by atomic mass is 19.1. The average Bonchev–Trinajstić information content (AvgIpc) is 2.41. The van der Waals surface area contributed by atoms with Gasteiger partial charge in [-0.05, 0) is 37.9 Å². The van der Waals surface area contributed by atoms with Crippen LogP contribution in [0.1, 0.15) is 18.4 Å². The molecule has 0 bridgehead atoms. The molecule has 4 heteroatoms. The molecule has 1 saturated heterocycles. The lowest BCUT2D eigenvalue weighted by atomic mass is 10.0. The highest BCUT2D eigenvalue weighted by molar-refractivity contribution is 5.54. The summed E-state index contributed by atoms with van der Waals surface area (Å²) in [5, 5.41) is 0. The monoisotopic (exact) mass is 252 g/mol. The fourth-order valence-corrected chi connectivity index (χ4v) is 2.57. The molecule has 0 aliphatic carbocycles. The fourth-order valence-electron chi connectivity index (χ4n) is 2.57. The lowest BCUT2D eigenvalue weighted by Gasteiger charge is -2.34. The third-order valence-corrected chi connectivity index (χ3v) is 3.60. The quantitative estimate of drug-likeness (QED) is 0.890. The van der Waals surface area contributed by atoms with Crippen molar-refractivity contribution in [2.45, 2.75) is 25.4 Å². The highest BCUT2D eigenvalue weighted by Gasteiger charge is 2.21. The maximum absolute atomic E-state index is 13.8. The van der Waals surface area contributed by atoms with Crippen LogP contribution in [0.25, 0.3) is 0 Å². The minimum Gasteiger partial charge on any atom is -0.381 e. The Morgan fingerprint density at radius 3 is 2.72 bits per heavy atom. The zero-order chi connectivity index (χ0) is 13.0. The Balaban J connectivity index is 2.15. The van der Waals surface area contributed by atoms with Gasteiger partial charge in [0.1, 0.15) is 5.82 Å². The molecular weight excluding hydrogens is 231 g/mol. The van der Waals surface area contributed by atoms with E-state index in [1.54, 1.807) is 13.2 Å². The maximum atomic E-state index is 13.8. The molecule has 2 rings (SSSR count). The number of rotatable bonds is 4. The second-order valence-electron chi connectivity index (χ2n) is 4.70. The minimum absolute atomic E-state index is 0.146. The molecule has 0 unspecified atom stereocenters. The highest BCUT2D eigenvalue weighted by Crippen LogP contribution is 2.27. The molecule has 18 heavy (non-hydrogen) atoms. The van der Waals surface area contributed by atoms with Crippen molar-refractivity contribution >= 4 is 5.69 Å². The van der Waals surface area contributed by atoms with E-state index >= 15 is 0 Å². The van der Waals surface area contributed by atoms with Crippen LogP contribution in [0.3, 0.4) is 0 Å². The molecule has 1 aromatic rings. The van der Waals surface area contributed by atoms with Gasteiger partial charge in [-0.25, -0.2) is 4.39 Å². The van der Waals surface area contributed by atoms with E-state index in [0.717, 1.165) is 37.2 Å². The van der Waals surface area contributed by atoms with Gasteiger partial charge in [0, 0.05) is 31.5 Å². The van der Waals surface area contributed by atoms with Gasteiger partial charge in [-0.2, -0.15) is 0 Å². The number of nitrogens with two attached hydrogens (primary N) is 1. The molecule has 0 amide bonds. The zero-order valence-electron chi connectivity index (χ0n) is 10.9. The molecule has 1 heterocycles. The Kier molecular flexibility index (Phi) is 4.55. The Morgan fingerprint density at radius 1 is 1.39 bits per heavy atom. The van der Waals surface area contributed by atoms with Crippen LogP contribution in [-0.2, 0) is 11.2 Å². The van der Waals surface area contributed by atoms with Crippen molar-refractivity contribution < 1.29 is 9.13 Å². The number of halogens is 1. The predicted octanol–water partition coefficient (Wildman–Crippen LogP) is 1.94. The average molecular weight is 252 g/mol. The third kappa shape index (κ3) is 2.82. The number of ether oxygens (including phenoxy) is 1. The number of anilines is 1. The molecule has 0 radical (unpaired) electrons. The summed E-state index contributed by atoms with van der Waals surface area (Å²) in [5.41, 5.74) is 7.31. The molecular formula is C14H21FN2O. The first-order chi connectivity index (χ1) is 8.76. The van der Waals surface area contributed by atoms with Crippen molar-refractivity contribution in [1.82, 2.24) is 0 Å². The van der Waals surface area contributed by atoms with E-state index in [1.807, 2.05) is 6.07 Å². The summed E-state index contributed by atoms with van der Waals surface area (Å²) in [6.45, 7) is 2.31. The van der Waals surface area contributed by atoms with Gasteiger partial charge in [0.05, 0.1) is 6.10 Å². The summed E-state index contributed by atoms with van der Waals surface area (Å²) in [7, 11) is 1.75. The van der Waals surface area contributed by atoms with Gasteiger partial charge in [0.25, 0.3) is 0 Å². The summed E-state index contributed by atoms with van der Waals surface area (Å²) in [5.74, 6) is -0.146. The van der Waals surface area contributed by atoms with Crippen LogP contribution < -0.4 is 10.6 Å². The lowest BCUT2D eigenvalue weighted by Crippen LogP contribution is -2.37. The fraction of sp³-hybridized carbons (Fsp3) is 0.571. The molecule has 3 nitrogen and oxygen atoms in total. The van der Waals surface area contributed by atoms with Crippen molar-refractivity contribution in [2.75, 3.05) is 31.6 Å². The van der Waals surface area contributed by atoms with Crippen molar-refractivity contribution in [3.63, 3.8) is 0 Å². The van der Waals surface area contributed by atoms with Crippen LogP contribution in [-0.4, -0.2) is 32.8 Å². The first-order valence-electron chi connectivity index (χ1n) is 6.51. The summed E-state index contributed by atoms with van der Waals surface area (Å²) in [6.07, 6.45) is 2.92. The molecule has 1 fully saturated rings. The normalized spacial score (nSPS) is 17.2. The second kappa shape index (κ2) is 6.16. The first-order valence-corrected chi connectivity index (χ1v) is 6.51. The van der Waals surface area contributed by atoms with Gasteiger partial charge in [-0.3, -0.25) is 0 Å². The van der Waals surface area contributed by atoms with Crippen LogP contribution in [0.5, 0.6) is 0 Å². The van der Waals surface area contributed by atoms with Crippen LogP contribution in [0.15, 0.2) is 18.2 Å². The van der Waals surface area contributed by atoms with Crippen LogP contribution in [0.2, 0.25) is 0 Å². The molecule has 1 aliphatic heterocycles. The number of benzene rings is 1. The van der Waals surface area contributed by atoms with E-state index in [-0.39, 0.29) is 5.82 Å². The number of nitrogens with zero attached hydrogens (tertiary/aromatic N) is 1. The molecule has 2 N–H and O–H groups in total. The second-order valence-corrected chi connectivity index (χ2v) is 4.70. The van der Waals surface area contributed by atoms with E-state index in [9.17, 15) is 4.39 Å². The summed E-state index contributed by atoms with van der Waals surface area (Å²) in [4.78, 5) is 2.24. The van der Waals surface area contributed by atoms with E-state index in [2.05, 4.69) is 4.90 Å². The predicted molar refractivity (Wildman–Crippen MR) is 71.4 cm³/mol. The largest absolute Gasteiger partial charge is 0.381 e. The zero-order valence-corrected chi connectivity index (χ0v) is 10.9. The van der Waals surface area contributed by atoms with Crippen molar-refractivity contribution in [2.24, 2.45) is 5.73 Å². The van der Waals surface area contributed by atoms with Crippen molar-refractivity contribution in [3.05, 3.63) is 29.6 Å².